The molecule has 5 nitrogen and oxygen atoms in total. The minimum atomic E-state index is -0.588. The van der Waals surface area contributed by atoms with E-state index in [-0.39, 0.29) is 17.9 Å². The third-order valence-corrected chi connectivity index (χ3v) is 2.54. The number of carbonyl (C=O) groups is 2. The van der Waals surface area contributed by atoms with Crippen molar-refractivity contribution in [3.05, 3.63) is 0 Å². The molecule has 0 bridgehead atoms. The Balaban J connectivity index is 4.04. The number of hydrogen-bond acceptors (Lipinski definition) is 3. The Hall–Kier alpha value is -1.10. The van der Waals surface area contributed by atoms with E-state index in [4.69, 9.17) is 5.73 Å². The smallest absolute Gasteiger partial charge is 0.224 e. The van der Waals surface area contributed by atoms with Crippen molar-refractivity contribution >= 4 is 11.8 Å². The van der Waals surface area contributed by atoms with Crippen molar-refractivity contribution in [1.29, 1.82) is 0 Å². The van der Waals surface area contributed by atoms with Crippen LogP contribution in [0.15, 0.2) is 0 Å². The van der Waals surface area contributed by atoms with Gasteiger partial charge in [0, 0.05) is 33.1 Å². The van der Waals surface area contributed by atoms with E-state index < -0.39 is 5.41 Å². The summed E-state index contributed by atoms with van der Waals surface area (Å²) >= 11 is 0. The Bertz CT molecular complexity index is 262. The van der Waals surface area contributed by atoms with Gasteiger partial charge in [-0.2, -0.15) is 0 Å². The van der Waals surface area contributed by atoms with E-state index in [2.05, 4.69) is 5.32 Å². The third-order valence-electron chi connectivity index (χ3n) is 2.54. The minimum Gasteiger partial charge on any atom is -0.369 e. The number of nitrogens with zero attached hydrogens (tertiary/aromatic N) is 1. The Morgan fingerprint density at radius 1 is 1.38 bits per heavy atom. The molecular formula is C11H23N3O2. The molecular weight excluding hydrogens is 206 g/mol. The summed E-state index contributed by atoms with van der Waals surface area (Å²) in [4.78, 5) is 24.0. The highest BCUT2D eigenvalue weighted by Crippen LogP contribution is 2.12. The average Bonchev–Trinajstić information content (AvgIpc) is 2.14. The van der Waals surface area contributed by atoms with Crippen LogP contribution >= 0.6 is 0 Å². The van der Waals surface area contributed by atoms with Gasteiger partial charge < -0.3 is 16.0 Å². The predicted octanol–water partition coefficient (Wildman–Crippen LogP) is -0.0457. The maximum absolute atomic E-state index is 11.4. The maximum atomic E-state index is 11.4. The van der Waals surface area contributed by atoms with Crippen LogP contribution in [-0.2, 0) is 9.59 Å². The molecule has 0 saturated carbocycles. The SMILES string of the molecule is CC(CC(=O)N(C)C)NCC(C)(C)C(N)=O. The average molecular weight is 229 g/mol. The van der Waals surface area contributed by atoms with Gasteiger partial charge in [0.15, 0.2) is 0 Å². The molecule has 0 aromatic rings. The van der Waals surface area contributed by atoms with Gasteiger partial charge in [0.05, 0.1) is 5.41 Å². The molecule has 16 heavy (non-hydrogen) atoms. The van der Waals surface area contributed by atoms with Crippen molar-refractivity contribution < 1.29 is 9.59 Å². The van der Waals surface area contributed by atoms with Gasteiger partial charge in [-0.25, -0.2) is 0 Å². The van der Waals surface area contributed by atoms with Crippen molar-refractivity contribution in [2.24, 2.45) is 11.1 Å². The second-order valence-electron chi connectivity index (χ2n) is 5.02. The number of rotatable bonds is 6. The number of nitrogens with two attached hydrogens (primary N) is 1. The molecule has 5 heteroatoms. The lowest BCUT2D eigenvalue weighted by Gasteiger charge is -2.24. The van der Waals surface area contributed by atoms with Crippen LogP contribution in [-0.4, -0.2) is 43.4 Å². The Labute approximate surface area is 97.4 Å². The number of amides is 2. The van der Waals surface area contributed by atoms with Gasteiger partial charge >= 0.3 is 0 Å². The number of primary amides is 1. The van der Waals surface area contributed by atoms with E-state index in [1.54, 1.807) is 32.8 Å². The first-order chi connectivity index (χ1) is 7.16. The lowest BCUT2D eigenvalue weighted by molar-refractivity contribution is -0.129. The molecule has 0 aliphatic heterocycles. The zero-order valence-corrected chi connectivity index (χ0v) is 10.8. The molecule has 0 aliphatic carbocycles. The fourth-order valence-corrected chi connectivity index (χ4v) is 1.03. The van der Waals surface area contributed by atoms with Crippen LogP contribution in [0.3, 0.4) is 0 Å². The zero-order chi connectivity index (χ0) is 12.9. The van der Waals surface area contributed by atoms with Crippen LogP contribution in [0.1, 0.15) is 27.2 Å². The molecule has 1 unspecified atom stereocenters. The van der Waals surface area contributed by atoms with E-state index in [0.29, 0.717) is 13.0 Å². The van der Waals surface area contributed by atoms with Gasteiger partial charge in [0.2, 0.25) is 11.8 Å². The highest BCUT2D eigenvalue weighted by molar-refractivity contribution is 5.80. The topological polar surface area (TPSA) is 75.4 Å². The van der Waals surface area contributed by atoms with Gasteiger partial charge in [0.1, 0.15) is 0 Å². The fourth-order valence-electron chi connectivity index (χ4n) is 1.03. The number of hydrogen-bond donors (Lipinski definition) is 2. The third kappa shape index (κ3) is 5.11. The standard InChI is InChI=1S/C11H23N3O2/c1-8(6-9(15)14(4)5)13-7-11(2,3)10(12)16/h8,13H,6-7H2,1-5H3,(H2,12,16). The number of nitrogens with one attached hydrogen (secondary N) is 1. The van der Waals surface area contributed by atoms with E-state index >= 15 is 0 Å². The predicted molar refractivity (Wildman–Crippen MR) is 63.8 cm³/mol. The first-order valence-electron chi connectivity index (χ1n) is 5.40. The highest BCUT2D eigenvalue weighted by Gasteiger charge is 2.25. The molecule has 0 radical (unpaired) electrons. The van der Waals surface area contributed by atoms with Crippen molar-refractivity contribution in [2.45, 2.75) is 33.2 Å². The van der Waals surface area contributed by atoms with Crippen LogP contribution in [0.25, 0.3) is 0 Å². The summed E-state index contributed by atoms with van der Waals surface area (Å²) in [6.07, 6.45) is 0.418. The molecule has 0 aliphatic rings. The Morgan fingerprint density at radius 2 is 1.88 bits per heavy atom. The van der Waals surface area contributed by atoms with Crippen LogP contribution in [0.5, 0.6) is 0 Å². The molecule has 0 rings (SSSR count). The summed E-state index contributed by atoms with van der Waals surface area (Å²) in [5.74, 6) is -0.275. The first-order valence-corrected chi connectivity index (χ1v) is 5.40. The Kier molecular flexibility index (Phi) is 5.44. The minimum absolute atomic E-state index is 0.0357. The fraction of sp³-hybridized carbons (Fsp3) is 0.818. The molecule has 1 atom stereocenters. The van der Waals surface area contributed by atoms with Crippen LogP contribution in [0.2, 0.25) is 0 Å². The largest absolute Gasteiger partial charge is 0.369 e. The molecule has 0 spiro atoms. The molecule has 0 heterocycles. The highest BCUT2D eigenvalue weighted by atomic mass is 16.2. The van der Waals surface area contributed by atoms with E-state index in [9.17, 15) is 9.59 Å². The summed E-state index contributed by atoms with van der Waals surface area (Å²) in [6.45, 7) is 5.95. The van der Waals surface area contributed by atoms with Crippen molar-refractivity contribution in [3.8, 4) is 0 Å². The molecule has 0 fully saturated rings. The van der Waals surface area contributed by atoms with Crippen molar-refractivity contribution in [2.75, 3.05) is 20.6 Å². The van der Waals surface area contributed by atoms with Crippen molar-refractivity contribution in [3.63, 3.8) is 0 Å². The quantitative estimate of drug-likeness (QED) is 0.671. The van der Waals surface area contributed by atoms with Gasteiger partial charge in [-0.05, 0) is 20.8 Å². The summed E-state index contributed by atoms with van der Waals surface area (Å²) in [6, 6.07) is 0.0357. The summed E-state index contributed by atoms with van der Waals surface area (Å²) in [5.41, 5.74) is 4.66. The molecule has 0 aromatic carbocycles. The van der Waals surface area contributed by atoms with E-state index in [0.717, 1.165) is 0 Å². The second kappa shape index (κ2) is 5.84. The molecule has 94 valence electrons. The van der Waals surface area contributed by atoms with E-state index in [1.807, 2.05) is 6.92 Å². The van der Waals surface area contributed by atoms with Crippen molar-refractivity contribution in [1.82, 2.24) is 10.2 Å². The second-order valence-corrected chi connectivity index (χ2v) is 5.02. The summed E-state index contributed by atoms with van der Waals surface area (Å²) in [5, 5.41) is 3.14. The van der Waals surface area contributed by atoms with Gasteiger partial charge in [0.25, 0.3) is 0 Å². The van der Waals surface area contributed by atoms with Crippen LogP contribution in [0.4, 0.5) is 0 Å². The molecule has 3 N–H and O–H groups in total. The lowest BCUT2D eigenvalue weighted by Crippen LogP contribution is -2.44. The molecule has 0 aromatic heterocycles. The monoisotopic (exact) mass is 229 g/mol. The maximum Gasteiger partial charge on any atom is 0.224 e. The molecule has 2 amide bonds. The zero-order valence-electron chi connectivity index (χ0n) is 10.8. The summed E-state index contributed by atoms with van der Waals surface area (Å²) in [7, 11) is 3.45. The molecule has 0 saturated heterocycles. The lowest BCUT2D eigenvalue weighted by atomic mass is 9.92. The van der Waals surface area contributed by atoms with E-state index in [1.165, 1.54) is 0 Å². The van der Waals surface area contributed by atoms with Crippen LogP contribution < -0.4 is 11.1 Å². The normalized spacial score (nSPS) is 13.3. The Morgan fingerprint density at radius 3 is 2.25 bits per heavy atom. The number of carbonyl (C=O) groups excluding carboxylic acids is 2. The van der Waals surface area contributed by atoms with Gasteiger partial charge in [-0.15, -0.1) is 0 Å². The first kappa shape index (κ1) is 14.9. The van der Waals surface area contributed by atoms with Crippen LogP contribution in [0, 0.1) is 5.41 Å². The van der Waals surface area contributed by atoms with Gasteiger partial charge in [-0.3, -0.25) is 9.59 Å². The van der Waals surface area contributed by atoms with Gasteiger partial charge in [-0.1, -0.05) is 0 Å². The summed E-state index contributed by atoms with van der Waals surface area (Å²) < 4.78 is 0.